The molecule has 2 aromatic carbocycles. The lowest BCUT2D eigenvalue weighted by molar-refractivity contribution is -0.0597. The van der Waals surface area contributed by atoms with Gasteiger partial charge < -0.3 is 10.6 Å². The van der Waals surface area contributed by atoms with Gasteiger partial charge in [0.05, 0.1) is 0 Å². The highest BCUT2D eigenvalue weighted by atomic mass is 19.4. The van der Waals surface area contributed by atoms with Crippen LogP contribution in [-0.2, 0) is 0 Å². The maximum atomic E-state index is 13.9. The van der Waals surface area contributed by atoms with E-state index in [2.05, 4.69) is 20.6 Å². The number of nitrogens with zero attached hydrogens (tertiary/aromatic N) is 2. The fourth-order valence-corrected chi connectivity index (χ4v) is 4.81. The van der Waals surface area contributed by atoms with Crippen molar-refractivity contribution in [3.05, 3.63) is 58.7 Å². The van der Waals surface area contributed by atoms with Gasteiger partial charge >= 0.3 is 12.4 Å². The third-order valence-electron chi connectivity index (χ3n) is 7.13. The maximum absolute atomic E-state index is 13.9. The summed E-state index contributed by atoms with van der Waals surface area (Å²) in [6, 6.07) is 10.9. The number of aliphatic imine (C=N–C) groups is 2. The summed E-state index contributed by atoms with van der Waals surface area (Å²) in [7, 11) is 0. The van der Waals surface area contributed by atoms with Crippen LogP contribution in [0.2, 0.25) is 0 Å². The van der Waals surface area contributed by atoms with Gasteiger partial charge in [-0.2, -0.15) is 26.3 Å². The molecule has 2 aromatic rings. The minimum atomic E-state index is -4.68. The molecule has 0 saturated heterocycles. The quantitative estimate of drug-likeness (QED) is 0.108. The molecule has 0 bridgehead atoms. The van der Waals surface area contributed by atoms with Gasteiger partial charge in [0, 0.05) is 24.5 Å². The van der Waals surface area contributed by atoms with E-state index in [4.69, 9.17) is 0 Å². The Balaban J connectivity index is 2.13. The number of anilines is 2. The van der Waals surface area contributed by atoms with Crippen LogP contribution in [0.15, 0.2) is 46.4 Å². The second-order valence-corrected chi connectivity index (χ2v) is 12.0. The molecule has 240 valence electrons. The van der Waals surface area contributed by atoms with E-state index in [0.29, 0.717) is 17.8 Å². The lowest BCUT2D eigenvalue weighted by atomic mass is 9.92. The highest BCUT2D eigenvalue weighted by molar-refractivity contribution is 6.01. The highest BCUT2D eigenvalue weighted by Gasteiger charge is 2.38. The molecule has 2 N–H and O–H groups in total. The van der Waals surface area contributed by atoms with Crippen molar-refractivity contribution in [2.24, 2.45) is 9.98 Å². The summed E-state index contributed by atoms with van der Waals surface area (Å²) < 4.78 is 83.5. The molecule has 0 unspecified atom stereocenters. The van der Waals surface area contributed by atoms with Crippen molar-refractivity contribution in [3.63, 3.8) is 0 Å². The average Bonchev–Trinajstić information content (AvgIpc) is 2.89. The van der Waals surface area contributed by atoms with E-state index in [1.807, 2.05) is 91.8 Å². The van der Waals surface area contributed by atoms with E-state index in [-0.39, 0.29) is 49.6 Å². The predicted molar refractivity (Wildman–Crippen MR) is 167 cm³/mol. The summed E-state index contributed by atoms with van der Waals surface area (Å²) in [5.41, 5.74) is 3.92. The summed E-state index contributed by atoms with van der Waals surface area (Å²) in [5, 5.41) is 5.14. The lowest BCUT2D eigenvalue weighted by Crippen LogP contribution is -2.32. The SMILES string of the molecule is CC(C)c1cccc(C(C)C)c1NC(=NCCCCCN=C(Nc1c(C(C)C)cccc1C(C)C)C(F)(F)F)C(F)(F)F. The van der Waals surface area contributed by atoms with Crippen molar-refractivity contribution >= 4 is 23.0 Å². The summed E-state index contributed by atoms with van der Waals surface area (Å²) in [6.45, 7) is 15.1. The summed E-state index contributed by atoms with van der Waals surface area (Å²) in [6.07, 6.45) is -8.43. The Morgan fingerprint density at radius 2 is 0.814 bits per heavy atom. The lowest BCUT2D eigenvalue weighted by Gasteiger charge is -2.22. The van der Waals surface area contributed by atoms with E-state index >= 15 is 0 Å². The summed E-state index contributed by atoms with van der Waals surface area (Å²) in [5.74, 6) is -2.14. The maximum Gasteiger partial charge on any atom is 0.449 e. The Hall–Kier alpha value is -3.04. The van der Waals surface area contributed by atoms with Crippen LogP contribution in [0.4, 0.5) is 37.7 Å². The molecule has 2 rings (SSSR count). The zero-order valence-electron chi connectivity index (χ0n) is 26.5. The number of rotatable bonds is 12. The highest BCUT2D eigenvalue weighted by Crippen LogP contribution is 2.35. The van der Waals surface area contributed by atoms with Crippen molar-refractivity contribution in [3.8, 4) is 0 Å². The third kappa shape index (κ3) is 10.6. The third-order valence-corrected chi connectivity index (χ3v) is 7.13. The zero-order chi connectivity index (χ0) is 32.5. The molecular formula is C33H46F6N4. The Morgan fingerprint density at radius 3 is 1.05 bits per heavy atom. The monoisotopic (exact) mass is 612 g/mol. The van der Waals surface area contributed by atoms with Crippen LogP contribution >= 0.6 is 0 Å². The molecule has 0 radical (unpaired) electrons. The number of nitrogens with one attached hydrogen (secondary N) is 2. The standard InChI is InChI=1S/C33H46F6N4/c1-20(2)24-14-12-15-25(21(3)4)28(24)42-30(32(34,35)36)40-18-10-9-11-19-41-31(33(37,38)39)43-29-26(22(5)6)16-13-17-27(29)23(7)8/h12-17,20-23H,9-11,18-19H2,1-8H3,(H,40,42)(H,41,43). The number of amidine groups is 2. The minimum absolute atomic E-state index is 0.00290. The Kier molecular flexibility index (Phi) is 13.1. The van der Waals surface area contributed by atoms with Gasteiger partial charge in [0.15, 0.2) is 0 Å². The molecule has 43 heavy (non-hydrogen) atoms. The van der Waals surface area contributed by atoms with Crippen molar-refractivity contribution in [2.75, 3.05) is 23.7 Å². The number of halogens is 6. The second-order valence-electron chi connectivity index (χ2n) is 12.0. The van der Waals surface area contributed by atoms with Crippen LogP contribution < -0.4 is 10.6 Å². The first kappa shape index (κ1) is 36.2. The molecule has 0 saturated carbocycles. The number of para-hydroxylation sites is 2. The van der Waals surface area contributed by atoms with Crippen molar-refractivity contribution in [2.45, 2.75) is 111 Å². The van der Waals surface area contributed by atoms with Gasteiger partial charge in [0.1, 0.15) is 0 Å². The van der Waals surface area contributed by atoms with E-state index in [0.717, 1.165) is 22.3 Å². The molecule has 0 aliphatic heterocycles. The van der Waals surface area contributed by atoms with Crippen molar-refractivity contribution < 1.29 is 26.3 Å². The first-order valence-corrected chi connectivity index (χ1v) is 15.0. The molecule has 0 amide bonds. The first-order chi connectivity index (χ1) is 19.9. The fourth-order valence-electron chi connectivity index (χ4n) is 4.81. The molecule has 0 spiro atoms. The van der Waals surface area contributed by atoms with Gasteiger partial charge in [0.2, 0.25) is 11.7 Å². The molecule has 0 heterocycles. The Bertz CT molecular complexity index is 1090. The zero-order valence-corrected chi connectivity index (χ0v) is 26.5. The van der Waals surface area contributed by atoms with Gasteiger partial charge in [-0.1, -0.05) is 91.8 Å². The molecule has 0 aliphatic carbocycles. The van der Waals surface area contributed by atoms with Gasteiger partial charge in [-0.15, -0.1) is 0 Å². The van der Waals surface area contributed by atoms with Crippen LogP contribution in [0.25, 0.3) is 0 Å². The van der Waals surface area contributed by atoms with E-state index in [1.165, 1.54) is 0 Å². The smallest absolute Gasteiger partial charge is 0.336 e. The number of hydrogen-bond acceptors (Lipinski definition) is 2. The van der Waals surface area contributed by atoms with Gasteiger partial charge in [-0.3, -0.25) is 9.98 Å². The van der Waals surface area contributed by atoms with Crippen LogP contribution in [0.1, 0.15) is 121 Å². The average molecular weight is 613 g/mol. The first-order valence-electron chi connectivity index (χ1n) is 15.0. The van der Waals surface area contributed by atoms with Crippen LogP contribution in [0.5, 0.6) is 0 Å². The molecule has 0 fully saturated rings. The van der Waals surface area contributed by atoms with E-state index in [9.17, 15) is 26.3 Å². The normalized spacial score (nSPS) is 13.5. The summed E-state index contributed by atoms with van der Waals surface area (Å²) in [4.78, 5) is 7.65. The second kappa shape index (κ2) is 15.6. The fraction of sp³-hybridized carbons (Fsp3) is 0.576. The molecule has 0 aromatic heterocycles. The van der Waals surface area contributed by atoms with E-state index < -0.39 is 24.0 Å². The molecule has 0 aliphatic rings. The number of unbranched alkanes of at least 4 members (excludes halogenated alkanes) is 2. The Morgan fingerprint density at radius 1 is 0.535 bits per heavy atom. The van der Waals surface area contributed by atoms with Gasteiger partial charge in [-0.25, -0.2) is 0 Å². The summed E-state index contributed by atoms with van der Waals surface area (Å²) >= 11 is 0. The molecular weight excluding hydrogens is 566 g/mol. The Labute approximate surface area is 252 Å². The van der Waals surface area contributed by atoms with Crippen LogP contribution in [-0.4, -0.2) is 37.1 Å². The van der Waals surface area contributed by atoms with Crippen molar-refractivity contribution in [1.29, 1.82) is 0 Å². The minimum Gasteiger partial charge on any atom is -0.336 e. The molecule has 4 nitrogen and oxygen atoms in total. The predicted octanol–water partition coefficient (Wildman–Crippen LogP) is 10.8. The van der Waals surface area contributed by atoms with Gasteiger partial charge in [0.25, 0.3) is 0 Å². The molecule has 10 heteroatoms. The largest absolute Gasteiger partial charge is 0.449 e. The topological polar surface area (TPSA) is 48.8 Å². The number of benzene rings is 2. The van der Waals surface area contributed by atoms with Gasteiger partial charge in [-0.05, 0) is 65.2 Å². The van der Waals surface area contributed by atoms with Crippen molar-refractivity contribution in [1.82, 2.24) is 0 Å². The molecule has 0 atom stereocenters. The number of alkyl halides is 6. The number of hydrogen-bond donors (Lipinski definition) is 2. The van der Waals surface area contributed by atoms with Crippen LogP contribution in [0, 0.1) is 0 Å². The van der Waals surface area contributed by atoms with Crippen LogP contribution in [0.3, 0.4) is 0 Å². The van der Waals surface area contributed by atoms with E-state index in [1.54, 1.807) is 0 Å².